The van der Waals surface area contributed by atoms with Crippen LogP contribution in [0.2, 0.25) is 0 Å². The maximum atomic E-state index is 11.7. The van der Waals surface area contributed by atoms with Crippen molar-refractivity contribution < 1.29 is 14.6 Å². The Labute approximate surface area is 151 Å². The van der Waals surface area contributed by atoms with Gasteiger partial charge in [0.05, 0.1) is 6.61 Å². The van der Waals surface area contributed by atoms with Gasteiger partial charge in [-0.3, -0.25) is 14.6 Å². The predicted molar refractivity (Wildman–Crippen MR) is 101 cm³/mol. The zero-order valence-corrected chi connectivity index (χ0v) is 15.8. The van der Waals surface area contributed by atoms with E-state index in [0.717, 1.165) is 70.7 Å². The number of carbonyl (C=O) groups excluding carboxylic acids is 1. The van der Waals surface area contributed by atoms with Gasteiger partial charge in [-0.1, -0.05) is 6.42 Å². The van der Waals surface area contributed by atoms with Gasteiger partial charge in [0.25, 0.3) is 0 Å². The van der Waals surface area contributed by atoms with E-state index < -0.39 is 0 Å². The molecule has 0 radical (unpaired) electrons. The maximum Gasteiger partial charge on any atom is 0.305 e. The van der Waals surface area contributed by atoms with Crippen LogP contribution < -0.4 is 0 Å². The molecule has 23 heavy (non-hydrogen) atoms. The summed E-state index contributed by atoms with van der Waals surface area (Å²) in [7, 11) is 0. The Hall–Kier alpha value is 0.0500. The molecule has 1 fully saturated rings. The second kappa shape index (κ2) is 13.4. The van der Waals surface area contributed by atoms with Gasteiger partial charge < -0.3 is 9.84 Å². The van der Waals surface area contributed by atoms with Crippen molar-refractivity contribution in [1.82, 2.24) is 9.80 Å². The van der Waals surface area contributed by atoms with Gasteiger partial charge in [0.1, 0.15) is 6.61 Å². The fourth-order valence-electron chi connectivity index (χ4n) is 2.68. The molecule has 1 N–H and O–H groups in total. The summed E-state index contributed by atoms with van der Waals surface area (Å²) < 4.78 is 5.31. The highest BCUT2D eigenvalue weighted by atomic mass is 32.1. The second-order valence-electron chi connectivity index (χ2n) is 6.04. The van der Waals surface area contributed by atoms with Crippen molar-refractivity contribution in [2.45, 2.75) is 37.4 Å². The Kier molecular flexibility index (Phi) is 12.2. The number of aliphatic hydroxyl groups is 1. The van der Waals surface area contributed by atoms with Crippen LogP contribution in [-0.2, 0) is 9.53 Å². The van der Waals surface area contributed by atoms with E-state index in [1.54, 1.807) is 0 Å². The molecule has 5 nitrogen and oxygen atoms in total. The molecule has 0 spiro atoms. The van der Waals surface area contributed by atoms with Gasteiger partial charge in [-0.2, -0.15) is 25.3 Å². The van der Waals surface area contributed by atoms with Gasteiger partial charge in [-0.25, -0.2) is 0 Å². The number of ether oxygens (including phenoxy) is 1. The molecule has 0 aromatic heterocycles. The topological polar surface area (TPSA) is 53.0 Å². The summed E-state index contributed by atoms with van der Waals surface area (Å²) in [5, 5.41) is 9.31. The summed E-state index contributed by atoms with van der Waals surface area (Å²) >= 11 is 8.68. The lowest BCUT2D eigenvalue weighted by molar-refractivity contribution is -0.144. The molecule has 0 aromatic carbocycles. The SMILES string of the molecule is O=C(CCCC[C@@H](S)CCS)OCCN1CCN(CCO)CC1. The number of aliphatic hydroxyl groups excluding tert-OH is 1. The average Bonchev–Trinajstić information content (AvgIpc) is 2.54. The van der Waals surface area contributed by atoms with Gasteiger partial charge in [0.15, 0.2) is 0 Å². The van der Waals surface area contributed by atoms with Crippen LogP contribution >= 0.6 is 25.3 Å². The lowest BCUT2D eigenvalue weighted by Gasteiger charge is -2.34. The first-order chi connectivity index (χ1) is 11.2. The van der Waals surface area contributed by atoms with E-state index in [-0.39, 0.29) is 12.6 Å². The summed E-state index contributed by atoms with van der Waals surface area (Å²) in [6, 6.07) is 0. The molecule has 0 unspecified atom stereocenters. The lowest BCUT2D eigenvalue weighted by Crippen LogP contribution is -2.48. The quantitative estimate of drug-likeness (QED) is 0.277. The highest BCUT2D eigenvalue weighted by Crippen LogP contribution is 2.13. The molecule has 1 rings (SSSR count). The van der Waals surface area contributed by atoms with Crippen molar-refractivity contribution >= 4 is 31.2 Å². The highest BCUT2D eigenvalue weighted by Gasteiger charge is 2.16. The summed E-state index contributed by atoms with van der Waals surface area (Å²) in [4.78, 5) is 16.2. The van der Waals surface area contributed by atoms with Gasteiger partial charge in [-0.15, -0.1) is 0 Å². The Morgan fingerprint density at radius 2 is 1.74 bits per heavy atom. The second-order valence-corrected chi connectivity index (χ2v) is 7.22. The number of unbranched alkanes of at least 4 members (excludes halogenated alkanes) is 1. The summed E-state index contributed by atoms with van der Waals surface area (Å²) in [5.41, 5.74) is 0. The van der Waals surface area contributed by atoms with E-state index in [1.165, 1.54) is 0 Å². The largest absolute Gasteiger partial charge is 0.464 e. The Morgan fingerprint density at radius 3 is 2.35 bits per heavy atom. The van der Waals surface area contributed by atoms with E-state index in [1.807, 2.05) is 0 Å². The molecule has 0 aliphatic carbocycles. The fourth-order valence-corrected chi connectivity index (χ4v) is 3.51. The predicted octanol–water partition coefficient (Wildman–Crippen LogP) is 1.32. The molecule has 1 aliphatic heterocycles. The van der Waals surface area contributed by atoms with Gasteiger partial charge in [0.2, 0.25) is 0 Å². The molecule has 1 atom stereocenters. The molecule has 0 amide bonds. The monoisotopic (exact) mass is 364 g/mol. The van der Waals surface area contributed by atoms with Crippen LogP contribution in [0.4, 0.5) is 0 Å². The van der Waals surface area contributed by atoms with Crippen LogP contribution in [0.15, 0.2) is 0 Å². The minimum absolute atomic E-state index is 0.0891. The van der Waals surface area contributed by atoms with E-state index in [0.29, 0.717) is 18.3 Å². The Morgan fingerprint density at radius 1 is 1.09 bits per heavy atom. The third-order valence-corrected chi connectivity index (χ3v) is 4.96. The summed E-state index contributed by atoms with van der Waals surface area (Å²) in [6.07, 6.45) is 4.45. The number of hydrogen-bond donors (Lipinski definition) is 3. The highest BCUT2D eigenvalue weighted by molar-refractivity contribution is 7.81. The first kappa shape index (κ1) is 21.1. The lowest BCUT2D eigenvalue weighted by atomic mass is 10.1. The van der Waals surface area contributed by atoms with Gasteiger partial charge >= 0.3 is 5.97 Å². The molecule has 136 valence electrons. The van der Waals surface area contributed by atoms with Crippen LogP contribution in [0.5, 0.6) is 0 Å². The molecule has 0 bridgehead atoms. The fraction of sp³-hybridized carbons (Fsp3) is 0.938. The maximum absolute atomic E-state index is 11.7. The third kappa shape index (κ3) is 10.5. The van der Waals surface area contributed by atoms with Crippen LogP contribution in [0.25, 0.3) is 0 Å². The number of esters is 1. The van der Waals surface area contributed by atoms with Crippen molar-refractivity contribution in [2.75, 3.05) is 58.2 Å². The van der Waals surface area contributed by atoms with Crippen LogP contribution in [0.3, 0.4) is 0 Å². The van der Waals surface area contributed by atoms with Crippen molar-refractivity contribution in [1.29, 1.82) is 0 Å². The molecule has 1 aliphatic rings. The standard InChI is InChI=1S/C16H32N2O3S2/c19-12-10-17-6-8-18(9-7-17)11-13-21-16(20)4-2-1-3-15(23)5-14-22/h15,19,22-23H,1-14H2/t15-/m1/s1. The molecule has 0 aromatic rings. The number of carbonyl (C=O) groups is 1. The Bertz CT molecular complexity index is 314. The van der Waals surface area contributed by atoms with E-state index >= 15 is 0 Å². The normalized spacial score (nSPS) is 18.0. The zero-order chi connectivity index (χ0) is 16.9. The molecule has 7 heteroatoms. The van der Waals surface area contributed by atoms with Crippen molar-refractivity contribution in [3.63, 3.8) is 0 Å². The number of rotatable bonds is 12. The number of nitrogens with zero attached hydrogens (tertiary/aromatic N) is 2. The third-order valence-electron chi connectivity index (χ3n) is 4.18. The van der Waals surface area contributed by atoms with E-state index in [4.69, 9.17) is 9.84 Å². The van der Waals surface area contributed by atoms with Crippen LogP contribution in [-0.4, -0.2) is 84.4 Å². The first-order valence-corrected chi connectivity index (χ1v) is 9.80. The van der Waals surface area contributed by atoms with Crippen molar-refractivity contribution in [2.24, 2.45) is 0 Å². The number of β-amino-alcohol motifs (C(OH)–C–C–N with tert-alkyl or cyclic N) is 1. The minimum atomic E-state index is -0.0891. The van der Waals surface area contributed by atoms with Crippen molar-refractivity contribution in [3.05, 3.63) is 0 Å². The molecular weight excluding hydrogens is 332 g/mol. The van der Waals surface area contributed by atoms with Crippen LogP contribution in [0, 0.1) is 0 Å². The smallest absolute Gasteiger partial charge is 0.305 e. The summed E-state index contributed by atoms with van der Waals surface area (Å²) in [5.74, 6) is 0.776. The molecule has 1 heterocycles. The van der Waals surface area contributed by atoms with Gasteiger partial charge in [-0.05, 0) is 25.0 Å². The van der Waals surface area contributed by atoms with Crippen molar-refractivity contribution in [3.8, 4) is 0 Å². The number of piperazine rings is 1. The molecule has 0 saturated carbocycles. The molecule has 1 saturated heterocycles. The number of hydrogen-bond acceptors (Lipinski definition) is 7. The first-order valence-electron chi connectivity index (χ1n) is 8.65. The zero-order valence-electron chi connectivity index (χ0n) is 14.0. The van der Waals surface area contributed by atoms with E-state index in [2.05, 4.69) is 35.1 Å². The van der Waals surface area contributed by atoms with E-state index in [9.17, 15) is 4.79 Å². The average molecular weight is 365 g/mol. The van der Waals surface area contributed by atoms with Crippen LogP contribution in [0.1, 0.15) is 32.1 Å². The molecular formula is C16H32N2O3S2. The number of thiol groups is 2. The minimum Gasteiger partial charge on any atom is -0.464 e. The summed E-state index contributed by atoms with van der Waals surface area (Å²) in [6.45, 7) is 6.17. The van der Waals surface area contributed by atoms with Gasteiger partial charge in [0, 0.05) is 50.9 Å². The Balaban J connectivity index is 1.96.